The Kier molecular flexibility index (Phi) is 25.7. The van der Waals surface area contributed by atoms with Crippen LogP contribution in [-0.2, 0) is 25.9 Å². The van der Waals surface area contributed by atoms with Crippen molar-refractivity contribution >= 4 is 73.3 Å². The summed E-state index contributed by atoms with van der Waals surface area (Å²) in [5, 5.41) is 12.8. The fraction of sp³-hybridized carbons (Fsp3) is 0.256. The van der Waals surface area contributed by atoms with Crippen LogP contribution in [0.5, 0.6) is 40.4 Å². The van der Waals surface area contributed by atoms with Crippen LogP contribution in [0.2, 0.25) is 0 Å². The second-order valence-corrected chi connectivity index (χ2v) is 28.3. The van der Waals surface area contributed by atoms with E-state index < -0.39 is 5.60 Å². The first-order valence-corrected chi connectivity index (χ1v) is 37.7. The van der Waals surface area contributed by atoms with E-state index in [1.54, 1.807) is 124 Å². The van der Waals surface area contributed by atoms with Gasteiger partial charge in [0.15, 0.2) is 5.69 Å². The number of likely N-dealkylation sites (tertiary alicyclic amines) is 1. The number of anilines is 6. The third-order valence-electron chi connectivity index (χ3n) is 18.8. The molecule has 1 fully saturated rings. The first-order valence-electron chi connectivity index (χ1n) is 37.7. The zero-order valence-corrected chi connectivity index (χ0v) is 68.2. The van der Waals surface area contributed by atoms with Gasteiger partial charge in [-0.1, -0.05) is 23.7 Å². The molecule has 0 atom stereocenters. The third kappa shape index (κ3) is 20.6. The molecule has 0 spiro atoms. The van der Waals surface area contributed by atoms with E-state index in [0.717, 1.165) is 125 Å². The molecule has 0 radical (unpaired) electrons. The summed E-state index contributed by atoms with van der Waals surface area (Å²) in [4.78, 5) is 61.7. The van der Waals surface area contributed by atoms with Crippen molar-refractivity contribution in [2.24, 2.45) is 27.1 Å². The van der Waals surface area contributed by atoms with Crippen molar-refractivity contribution in [3.05, 3.63) is 213 Å². The molecule has 15 rings (SSSR count). The average molecular weight is 1580 g/mol. The Bertz CT molecular complexity index is 6050. The van der Waals surface area contributed by atoms with Gasteiger partial charge in [0.2, 0.25) is 5.88 Å². The van der Waals surface area contributed by atoms with Gasteiger partial charge in [0.05, 0.1) is 157 Å². The van der Waals surface area contributed by atoms with Gasteiger partial charge in [-0.2, -0.15) is 15.3 Å². The number of piperidine rings is 1. The summed E-state index contributed by atoms with van der Waals surface area (Å²) in [6.07, 6.45) is 22.6. The number of pyridine rings is 1. The van der Waals surface area contributed by atoms with Crippen molar-refractivity contribution in [1.82, 2.24) is 79.1 Å². The van der Waals surface area contributed by atoms with Crippen LogP contribution in [0.3, 0.4) is 0 Å². The van der Waals surface area contributed by atoms with E-state index in [-0.39, 0.29) is 12.0 Å². The molecule has 6 aromatic carbocycles. The van der Waals surface area contributed by atoms with Crippen molar-refractivity contribution in [1.29, 1.82) is 0 Å². The number of rotatable bonds is 19. The summed E-state index contributed by atoms with van der Waals surface area (Å²) < 4.78 is 49.3. The van der Waals surface area contributed by atoms with Crippen LogP contribution in [0.25, 0.3) is 66.9 Å². The summed E-state index contributed by atoms with van der Waals surface area (Å²) in [6.45, 7) is 10.1. The van der Waals surface area contributed by atoms with Crippen molar-refractivity contribution in [3.8, 4) is 110 Å². The summed E-state index contributed by atoms with van der Waals surface area (Å²) in [6, 6.07) is 39.0. The molecule has 0 saturated carbocycles. The SMILES string of the molecule is COc1cc(OC)cc(N(CC#CC2CCN(C(=O)OC(C)(C)C)CC2)c2ccc3ncc(-c4cnn(C)c4)nc3c2)c1.COc1cc(OC)cc(N(CC#Cc2cc(C)ccn2)c2ccc3ncc(-c4cnn(C)c4)nc3c2)c1.COc1cc(OC)cc(N(CC#Cc2nccnc2OC)c2ccc3ncc(-c4cnn(C)c4)nc3c2)c1. The van der Waals surface area contributed by atoms with Crippen LogP contribution in [0.4, 0.5) is 38.9 Å². The molecule has 9 heterocycles. The zero-order valence-electron chi connectivity index (χ0n) is 68.2. The monoisotopic (exact) mass is 1580 g/mol. The van der Waals surface area contributed by atoms with E-state index in [4.69, 9.17) is 52.8 Å². The fourth-order valence-corrected chi connectivity index (χ4v) is 12.8. The topological polar surface area (TPSA) is 273 Å². The number of benzene rings is 6. The van der Waals surface area contributed by atoms with Crippen LogP contribution in [0.1, 0.15) is 50.6 Å². The first kappa shape index (κ1) is 81.2. The average Bonchev–Trinajstić information content (AvgIpc) is 0.804. The molecule has 8 aromatic heterocycles. The smallest absolute Gasteiger partial charge is 0.410 e. The lowest BCUT2D eigenvalue weighted by Gasteiger charge is -2.32. The number of amides is 1. The maximum atomic E-state index is 12.5. The summed E-state index contributed by atoms with van der Waals surface area (Å²) in [5.74, 6) is 24.2. The number of carbonyl (C=O) groups is 1. The Hall–Kier alpha value is -14.9. The molecule has 28 heteroatoms. The van der Waals surface area contributed by atoms with Crippen LogP contribution in [0.15, 0.2) is 196 Å². The van der Waals surface area contributed by atoms with E-state index in [2.05, 4.69) is 90.5 Å². The summed E-state index contributed by atoms with van der Waals surface area (Å²) in [5.41, 5.74) is 16.7. The van der Waals surface area contributed by atoms with Gasteiger partial charge in [-0.25, -0.2) is 34.7 Å². The minimum absolute atomic E-state index is 0.199. The van der Waals surface area contributed by atoms with Crippen molar-refractivity contribution in [3.63, 3.8) is 0 Å². The summed E-state index contributed by atoms with van der Waals surface area (Å²) >= 11 is 0. The van der Waals surface area contributed by atoms with Gasteiger partial charge in [0, 0.05) is 183 Å². The van der Waals surface area contributed by atoms with Gasteiger partial charge in [0.25, 0.3) is 0 Å². The number of ether oxygens (including phenoxy) is 8. The lowest BCUT2D eigenvalue weighted by atomic mass is 9.98. The molecule has 0 unspecified atom stereocenters. The molecular formula is C90H89N19O9. The molecule has 14 aromatic rings. The Labute approximate surface area is 684 Å². The molecule has 1 saturated heterocycles. The molecule has 0 N–H and O–H groups in total. The number of nitrogens with zero attached hydrogens (tertiary/aromatic N) is 19. The number of aromatic nitrogens is 15. The van der Waals surface area contributed by atoms with Gasteiger partial charge < -0.3 is 57.5 Å². The molecular weight excluding hydrogens is 1490 g/mol. The predicted octanol–water partition coefficient (Wildman–Crippen LogP) is 14.8. The van der Waals surface area contributed by atoms with E-state index in [9.17, 15) is 4.79 Å². The maximum absolute atomic E-state index is 12.5. The third-order valence-corrected chi connectivity index (χ3v) is 18.8. The highest BCUT2D eigenvalue weighted by Crippen LogP contribution is 2.39. The van der Waals surface area contributed by atoms with Crippen LogP contribution < -0.4 is 47.9 Å². The second kappa shape index (κ2) is 37.4. The minimum atomic E-state index is -0.505. The van der Waals surface area contributed by atoms with Crippen molar-refractivity contribution in [2.45, 2.75) is 46.1 Å². The molecule has 598 valence electrons. The van der Waals surface area contributed by atoms with Crippen LogP contribution in [0, 0.1) is 48.4 Å². The Morgan fingerprint density at radius 2 is 0.814 bits per heavy atom. The predicted molar refractivity (Wildman–Crippen MR) is 454 cm³/mol. The standard InChI is InChI=1S/C33H38N6O4.C29H26N6O2.C28H25N7O3/c1-33(2,3)43-32(40)38-14-11-23(12-15-38)8-7-13-39(26-16-27(41-5)19-28(17-26)42-6)25-9-10-29-30(18-25)36-31(21-34-29)24-20-35-37(4)22-24;1-20-9-10-30-22(12-20)6-5-11-35(24-13-25(36-3)16-26(14-24)37-4)23-7-8-27-28(15-23)33-29(18-31-27)21-17-32-34(2)19-21;1-34-18-19(16-32-34)27-17-31-24-8-7-20(14-26(24)33-27)35(21-12-22(36-2)15-23(13-21)37-3)11-5-6-25-28(38-4)30-10-9-29-25/h9-10,16-23H,11-15H2,1-6H3;7-10,12-19H,11H2,1-4H3;7-10,12-18H,11H2,1-4H3. The fourth-order valence-electron chi connectivity index (χ4n) is 12.8. The van der Waals surface area contributed by atoms with E-state index in [1.165, 1.54) is 0 Å². The number of hydrogen-bond donors (Lipinski definition) is 0. The number of carbonyl (C=O) groups excluding carboxylic acids is 1. The molecule has 0 aliphatic carbocycles. The zero-order chi connectivity index (χ0) is 82.8. The molecule has 1 aliphatic rings. The number of hydrogen-bond acceptors (Lipinski definition) is 24. The minimum Gasteiger partial charge on any atom is -0.497 e. The van der Waals surface area contributed by atoms with E-state index in [0.29, 0.717) is 78.8 Å². The van der Waals surface area contributed by atoms with Gasteiger partial charge in [-0.05, 0) is 125 Å². The van der Waals surface area contributed by atoms with E-state index in [1.807, 2.05) is 194 Å². The first-order chi connectivity index (χ1) is 57.2. The van der Waals surface area contributed by atoms with Gasteiger partial charge in [-0.3, -0.25) is 29.0 Å². The molecule has 28 nitrogen and oxygen atoms in total. The number of methoxy groups -OCH3 is 7. The van der Waals surface area contributed by atoms with E-state index >= 15 is 0 Å². The highest BCUT2D eigenvalue weighted by Gasteiger charge is 2.27. The van der Waals surface area contributed by atoms with Crippen LogP contribution >= 0.6 is 0 Å². The second-order valence-electron chi connectivity index (χ2n) is 28.3. The van der Waals surface area contributed by atoms with Gasteiger partial charge in [-0.15, -0.1) is 0 Å². The molecule has 0 bridgehead atoms. The van der Waals surface area contributed by atoms with Gasteiger partial charge in [0.1, 0.15) is 45.8 Å². The normalized spacial score (nSPS) is 11.7. The molecule has 1 aliphatic heterocycles. The lowest BCUT2D eigenvalue weighted by molar-refractivity contribution is 0.0199. The molecule has 118 heavy (non-hydrogen) atoms. The largest absolute Gasteiger partial charge is 0.497 e. The summed E-state index contributed by atoms with van der Waals surface area (Å²) in [7, 11) is 17.0. The Balaban J connectivity index is 0.000000154. The van der Waals surface area contributed by atoms with Gasteiger partial charge >= 0.3 is 6.09 Å². The molecule has 1 amide bonds. The quantitative estimate of drug-likeness (QED) is 0.0680. The Morgan fingerprint density at radius 3 is 1.18 bits per heavy atom. The lowest BCUT2D eigenvalue weighted by Crippen LogP contribution is -2.41. The van der Waals surface area contributed by atoms with Crippen molar-refractivity contribution < 1.29 is 42.7 Å². The number of fused-ring (bicyclic) bond motifs is 3. The van der Waals surface area contributed by atoms with Crippen molar-refractivity contribution in [2.75, 3.05) is 97.2 Å². The highest BCUT2D eigenvalue weighted by atomic mass is 16.6. The van der Waals surface area contributed by atoms with Crippen LogP contribution in [-0.4, -0.2) is 173 Å². The highest BCUT2D eigenvalue weighted by molar-refractivity contribution is 5.86. The Morgan fingerprint density at radius 1 is 0.424 bits per heavy atom. The maximum Gasteiger partial charge on any atom is 0.410 e. The number of aryl methyl sites for hydroxylation is 4.